The number of aromatic amines is 1. The highest BCUT2D eigenvalue weighted by Crippen LogP contribution is 2.45. The average Bonchev–Trinajstić information content (AvgIpc) is 3.43. The Morgan fingerprint density at radius 2 is 1.89 bits per heavy atom. The lowest BCUT2D eigenvalue weighted by Gasteiger charge is -2.11. The fraction of sp³-hybridized carbons (Fsp3) is 0.273. The van der Waals surface area contributed by atoms with Crippen molar-refractivity contribution in [2.45, 2.75) is 38.5 Å². The Labute approximate surface area is 169 Å². The largest absolute Gasteiger partial charge is 0.323 e. The second-order valence-electron chi connectivity index (χ2n) is 7.50. The van der Waals surface area contributed by atoms with Crippen molar-refractivity contribution in [2.24, 2.45) is 0 Å². The van der Waals surface area contributed by atoms with Crippen LogP contribution < -0.4 is 10.6 Å². The number of nitrogens with zero attached hydrogens (tertiary/aromatic N) is 1. The van der Waals surface area contributed by atoms with Crippen molar-refractivity contribution in [1.82, 2.24) is 10.2 Å². The number of hydrogen-bond donors (Lipinski definition) is 3. The zero-order chi connectivity index (χ0) is 19.7. The number of hydrogen-bond acceptors (Lipinski definition) is 2. The number of carbonyl (C=O) groups excluding carboxylic acids is 1. The molecule has 0 saturated heterocycles. The number of halogens is 1. The Morgan fingerprint density at radius 3 is 2.54 bits per heavy atom. The lowest BCUT2D eigenvalue weighted by Crippen LogP contribution is -2.20. The van der Waals surface area contributed by atoms with Gasteiger partial charge < -0.3 is 10.6 Å². The summed E-state index contributed by atoms with van der Waals surface area (Å²) in [5.74, 6) is 0.872. The summed E-state index contributed by atoms with van der Waals surface area (Å²) in [6.07, 6.45) is 2.20. The standard InChI is InChI=1S/C22H23ClN4O/c1-13(2)14-8-10-18(11-9-14)24-22(28)25-21-19(15-6-7-15)26-27-20(21)16-4-3-5-17(23)12-16/h3-5,8-13,15H,6-7H2,1-2H3,(H,26,27)(H2,24,25,28). The number of nitrogens with one attached hydrogen (secondary N) is 3. The van der Waals surface area contributed by atoms with Crippen molar-refractivity contribution in [1.29, 1.82) is 0 Å². The van der Waals surface area contributed by atoms with Crippen molar-refractivity contribution >= 4 is 29.0 Å². The summed E-state index contributed by atoms with van der Waals surface area (Å²) in [5, 5.41) is 14.1. The van der Waals surface area contributed by atoms with Gasteiger partial charge in [0.15, 0.2) is 0 Å². The van der Waals surface area contributed by atoms with E-state index in [0.29, 0.717) is 22.6 Å². The van der Waals surface area contributed by atoms with Crippen molar-refractivity contribution in [3.63, 3.8) is 0 Å². The molecule has 3 N–H and O–H groups in total. The molecule has 0 atom stereocenters. The molecular weight excluding hydrogens is 372 g/mol. The molecule has 1 aromatic heterocycles. The van der Waals surface area contributed by atoms with Gasteiger partial charge in [-0.1, -0.05) is 49.7 Å². The molecule has 1 aliphatic rings. The van der Waals surface area contributed by atoms with Crippen LogP contribution in [0.3, 0.4) is 0 Å². The maximum Gasteiger partial charge on any atom is 0.323 e. The number of rotatable bonds is 5. The molecule has 0 unspecified atom stereocenters. The first-order valence-electron chi connectivity index (χ1n) is 9.53. The van der Waals surface area contributed by atoms with Gasteiger partial charge in [-0.2, -0.15) is 5.10 Å². The van der Waals surface area contributed by atoms with Gasteiger partial charge >= 0.3 is 6.03 Å². The number of urea groups is 1. The molecule has 2 amide bonds. The predicted octanol–water partition coefficient (Wildman–Crippen LogP) is 6.37. The number of amides is 2. The number of aromatic nitrogens is 2. The molecule has 5 nitrogen and oxygen atoms in total. The molecule has 2 aromatic carbocycles. The highest BCUT2D eigenvalue weighted by Gasteiger charge is 2.31. The van der Waals surface area contributed by atoms with E-state index in [-0.39, 0.29) is 6.03 Å². The maximum absolute atomic E-state index is 12.7. The van der Waals surface area contributed by atoms with E-state index in [1.807, 2.05) is 48.5 Å². The Kier molecular flexibility index (Phi) is 5.09. The average molecular weight is 395 g/mol. The molecule has 3 aromatic rings. The molecule has 1 aliphatic carbocycles. The van der Waals surface area contributed by atoms with Crippen LogP contribution in [0.15, 0.2) is 48.5 Å². The molecule has 1 saturated carbocycles. The minimum atomic E-state index is -0.288. The highest BCUT2D eigenvalue weighted by atomic mass is 35.5. The third-order valence-electron chi connectivity index (χ3n) is 4.95. The van der Waals surface area contributed by atoms with Gasteiger partial charge in [0.25, 0.3) is 0 Å². The Balaban J connectivity index is 1.56. The van der Waals surface area contributed by atoms with Crippen LogP contribution in [0.25, 0.3) is 11.3 Å². The van der Waals surface area contributed by atoms with Crippen LogP contribution in [-0.4, -0.2) is 16.2 Å². The summed E-state index contributed by atoms with van der Waals surface area (Å²) in [7, 11) is 0. The van der Waals surface area contributed by atoms with Crippen LogP contribution in [0.5, 0.6) is 0 Å². The van der Waals surface area contributed by atoms with E-state index >= 15 is 0 Å². The van der Waals surface area contributed by atoms with Gasteiger partial charge in [0, 0.05) is 22.2 Å². The Bertz CT molecular complexity index is 990. The van der Waals surface area contributed by atoms with E-state index in [0.717, 1.165) is 35.5 Å². The van der Waals surface area contributed by atoms with Gasteiger partial charge in [-0.3, -0.25) is 5.10 Å². The smallest absolute Gasteiger partial charge is 0.308 e. The van der Waals surface area contributed by atoms with E-state index in [1.54, 1.807) is 0 Å². The fourth-order valence-corrected chi connectivity index (χ4v) is 3.41. The molecule has 0 spiro atoms. The maximum atomic E-state index is 12.7. The molecule has 1 fully saturated rings. The topological polar surface area (TPSA) is 69.8 Å². The third kappa shape index (κ3) is 4.04. The highest BCUT2D eigenvalue weighted by molar-refractivity contribution is 6.30. The summed E-state index contributed by atoms with van der Waals surface area (Å²) < 4.78 is 0. The second kappa shape index (κ2) is 7.68. The van der Waals surface area contributed by atoms with Crippen LogP contribution in [0, 0.1) is 0 Å². The first-order valence-corrected chi connectivity index (χ1v) is 9.91. The van der Waals surface area contributed by atoms with E-state index < -0.39 is 0 Å². The fourth-order valence-electron chi connectivity index (χ4n) is 3.22. The van der Waals surface area contributed by atoms with Crippen LogP contribution >= 0.6 is 11.6 Å². The minimum absolute atomic E-state index is 0.288. The minimum Gasteiger partial charge on any atom is -0.308 e. The van der Waals surface area contributed by atoms with Gasteiger partial charge in [0.2, 0.25) is 0 Å². The Morgan fingerprint density at radius 1 is 1.14 bits per heavy atom. The van der Waals surface area contributed by atoms with Crippen molar-refractivity contribution in [2.75, 3.05) is 10.6 Å². The third-order valence-corrected chi connectivity index (χ3v) is 5.19. The number of H-pyrrole nitrogens is 1. The van der Waals surface area contributed by atoms with Crippen molar-refractivity contribution < 1.29 is 4.79 Å². The summed E-state index contributed by atoms with van der Waals surface area (Å²) in [6.45, 7) is 4.29. The van der Waals surface area contributed by atoms with Gasteiger partial charge in [-0.25, -0.2) is 4.79 Å². The van der Waals surface area contributed by atoms with E-state index in [2.05, 4.69) is 34.7 Å². The molecule has 0 radical (unpaired) electrons. The molecular formula is C22H23ClN4O. The summed E-state index contributed by atoms with van der Waals surface area (Å²) in [6, 6.07) is 15.1. The molecule has 0 bridgehead atoms. The zero-order valence-corrected chi connectivity index (χ0v) is 16.7. The van der Waals surface area contributed by atoms with E-state index in [4.69, 9.17) is 11.6 Å². The van der Waals surface area contributed by atoms with Crippen LogP contribution in [0.2, 0.25) is 5.02 Å². The van der Waals surface area contributed by atoms with E-state index in [9.17, 15) is 4.79 Å². The molecule has 1 heterocycles. The Hall–Kier alpha value is -2.79. The van der Waals surface area contributed by atoms with Crippen LogP contribution in [0.1, 0.15) is 49.8 Å². The second-order valence-corrected chi connectivity index (χ2v) is 7.94. The number of anilines is 2. The van der Waals surface area contributed by atoms with Gasteiger partial charge in [-0.05, 0) is 48.6 Å². The molecule has 28 heavy (non-hydrogen) atoms. The zero-order valence-electron chi connectivity index (χ0n) is 15.9. The summed E-state index contributed by atoms with van der Waals surface area (Å²) >= 11 is 6.14. The van der Waals surface area contributed by atoms with Gasteiger partial charge in [0.1, 0.15) is 5.69 Å². The van der Waals surface area contributed by atoms with Crippen LogP contribution in [-0.2, 0) is 0 Å². The lowest BCUT2D eigenvalue weighted by atomic mass is 10.0. The molecule has 4 rings (SSSR count). The normalized spacial score (nSPS) is 13.6. The molecule has 6 heteroatoms. The monoisotopic (exact) mass is 394 g/mol. The number of benzene rings is 2. The first kappa shape index (κ1) is 18.6. The van der Waals surface area contributed by atoms with Gasteiger partial charge in [-0.15, -0.1) is 0 Å². The molecule has 0 aliphatic heterocycles. The van der Waals surface area contributed by atoms with Crippen molar-refractivity contribution in [3.05, 3.63) is 64.8 Å². The molecule has 144 valence electrons. The quantitative estimate of drug-likeness (QED) is 0.470. The first-order chi connectivity index (χ1) is 13.5. The summed E-state index contributed by atoms with van der Waals surface area (Å²) in [4.78, 5) is 12.7. The lowest BCUT2D eigenvalue weighted by molar-refractivity contribution is 0.262. The van der Waals surface area contributed by atoms with Gasteiger partial charge in [0.05, 0.1) is 11.4 Å². The van der Waals surface area contributed by atoms with E-state index in [1.165, 1.54) is 5.56 Å². The summed E-state index contributed by atoms with van der Waals surface area (Å²) in [5.41, 5.74) is 5.26. The number of carbonyl (C=O) groups is 1. The SMILES string of the molecule is CC(C)c1ccc(NC(=O)Nc2c(-c3cccc(Cl)c3)n[nH]c2C2CC2)cc1. The predicted molar refractivity (Wildman–Crippen MR) is 114 cm³/mol. The van der Waals surface area contributed by atoms with Crippen molar-refractivity contribution in [3.8, 4) is 11.3 Å². The van der Waals surface area contributed by atoms with Crippen LogP contribution in [0.4, 0.5) is 16.2 Å².